The fourth-order valence-corrected chi connectivity index (χ4v) is 8.29. The molecule has 10 aromatic rings. The summed E-state index contributed by atoms with van der Waals surface area (Å²) in [6, 6.07) is 55.3. The lowest BCUT2D eigenvalue weighted by Gasteiger charge is -2.20. The van der Waals surface area contributed by atoms with Gasteiger partial charge in [0.1, 0.15) is 0 Å². The van der Waals surface area contributed by atoms with Gasteiger partial charge in [0.15, 0.2) is 23.3 Å². The summed E-state index contributed by atoms with van der Waals surface area (Å²) in [6.45, 7) is 0. The predicted octanol–water partition coefficient (Wildman–Crippen LogP) is 14.7. The van der Waals surface area contributed by atoms with Gasteiger partial charge in [-0.3, -0.25) is 0 Å². The minimum atomic E-state index is -1.84. The molecule has 4 heteroatoms. The molecule has 0 bridgehead atoms. The molecular formula is C50H28F4. The van der Waals surface area contributed by atoms with Gasteiger partial charge in [0.2, 0.25) is 0 Å². The van der Waals surface area contributed by atoms with Crippen molar-refractivity contribution in [3.63, 3.8) is 0 Å². The summed E-state index contributed by atoms with van der Waals surface area (Å²) in [5, 5.41) is 4.66. The molecule has 0 N–H and O–H groups in total. The molecule has 0 unspecified atom stereocenters. The highest BCUT2D eigenvalue weighted by molar-refractivity contribution is 6.38. The third-order valence-corrected chi connectivity index (χ3v) is 10.7. The van der Waals surface area contributed by atoms with Crippen LogP contribution in [0.3, 0.4) is 0 Å². The Balaban J connectivity index is 1.38. The number of hydrogen-bond donors (Lipinski definition) is 0. The first-order valence-corrected chi connectivity index (χ1v) is 17.8. The number of rotatable bonds is 4. The average molecular weight is 705 g/mol. The molecule has 0 radical (unpaired) electrons. The maximum absolute atomic E-state index is 16.5. The Hall–Kier alpha value is -6.78. The van der Waals surface area contributed by atoms with Crippen LogP contribution in [-0.2, 0) is 0 Å². The van der Waals surface area contributed by atoms with Gasteiger partial charge in [0.25, 0.3) is 0 Å². The molecule has 0 saturated carbocycles. The first-order chi connectivity index (χ1) is 26.5. The van der Waals surface area contributed by atoms with E-state index in [4.69, 9.17) is 0 Å². The van der Waals surface area contributed by atoms with Crippen molar-refractivity contribution in [2.24, 2.45) is 0 Å². The van der Waals surface area contributed by atoms with E-state index in [1.165, 1.54) is 0 Å². The third kappa shape index (κ3) is 4.84. The predicted molar refractivity (Wildman–Crippen MR) is 216 cm³/mol. The van der Waals surface area contributed by atoms with Crippen LogP contribution < -0.4 is 0 Å². The molecule has 0 spiro atoms. The smallest absolute Gasteiger partial charge is 0.198 e. The molecule has 0 aromatic heterocycles. The highest BCUT2D eigenvalue weighted by Crippen LogP contribution is 2.49. The first kappa shape index (κ1) is 31.9. The average Bonchev–Trinajstić information content (AvgIpc) is 3.24. The number of benzene rings is 10. The summed E-state index contributed by atoms with van der Waals surface area (Å²) in [6.07, 6.45) is 0. The second-order valence-electron chi connectivity index (χ2n) is 13.7. The zero-order valence-corrected chi connectivity index (χ0v) is 28.7. The zero-order chi connectivity index (χ0) is 36.5. The molecular weight excluding hydrogens is 677 g/mol. The van der Waals surface area contributed by atoms with Gasteiger partial charge in [-0.2, -0.15) is 0 Å². The number of halogens is 4. The summed E-state index contributed by atoms with van der Waals surface area (Å²) >= 11 is 0. The van der Waals surface area contributed by atoms with Gasteiger partial charge in [-0.25, -0.2) is 17.6 Å². The Morgan fingerprint density at radius 2 is 0.556 bits per heavy atom. The van der Waals surface area contributed by atoms with E-state index in [9.17, 15) is 0 Å². The van der Waals surface area contributed by atoms with Gasteiger partial charge < -0.3 is 0 Å². The Morgan fingerprint density at radius 1 is 0.222 bits per heavy atom. The van der Waals surface area contributed by atoms with Crippen molar-refractivity contribution in [1.29, 1.82) is 0 Å². The van der Waals surface area contributed by atoms with Gasteiger partial charge >= 0.3 is 0 Å². The Morgan fingerprint density at radius 3 is 0.963 bits per heavy atom. The second-order valence-corrected chi connectivity index (χ2v) is 13.7. The molecule has 256 valence electrons. The fourth-order valence-electron chi connectivity index (χ4n) is 8.29. The van der Waals surface area contributed by atoms with E-state index >= 15 is 17.6 Å². The number of hydrogen-bond acceptors (Lipinski definition) is 0. The molecule has 10 aromatic carbocycles. The highest BCUT2D eigenvalue weighted by Gasteiger charge is 2.27. The first-order valence-electron chi connectivity index (χ1n) is 17.8. The van der Waals surface area contributed by atoms with Gasteiger partial charge in [-0.15, -0.1) is 0 Å². The third-order valence-electron chi connectivity index (χ3n) is 10.7. The summed E-state index contributed by atoms with van der Waals surface area (Å²) < 4.78 is 63.9. The molecule has 0 aliphatic carbocycles. The minimum Gasteiger partial charge on any atom is -0.203 e. The fraction of sp³-hybridized carbons (Fsp3) is 0. The molecule has 10 rings (SSSR count). The molecule has 0 nitrogen and oxygen atoms in total. The molecule has 0 aliphatic heterocycles. The van der Waals surface area contributed by atoms with Crippen LogP contribution in [0.4, 0.5) is 17.6 Å². The van der Waals surface area contributed by atoms with Crippen LogP contribution >= 0.6 is 0 Å². The maximum Gasteiger partial charge on any atom is 0.198 e. The highest BCUT2D eigenvalue weighted by atomic mass is 19.2. The monoisotopic (exact) mass is 704 g/mol. The normalized spacial score (nSPS) is 11.7. The molecule has 0 fully saturated rings. The van der Waals surface area contributed by atoms with Crippen LogP contribution in [0.15, 0.2) is 170 Å². The Labute approximate surface area is 308 Å². The molecule has 0 amide bonds. The molecule has 0 atom stereocenters. The van der Waals surface area contributed by atoms with E-state index in [2.05, 4.69) is 12.1 Å². The number of fused-ring (bicyclic) bond motifs is 10. The minimum absolute atomic E-state index is 0.292. The lowest BCUT2D eigenvalue weighted by atomic mass is 9.83. The van der Waals surface area contributed by atoms with Crippen LogP contribution in [-0.4, -0.2) is 0 Å². The van der Waals surface area contributed by atoms with Crippen molar-refractivity contribution in [2.75, 3.05) is 0 Å². The molecule has 0 aliphatic rings. The molecule has 0 saturated heterocycles. The van der Waals surface area contributed by atoms with Crippen molar-refractivity contribution >= 4 is 53.9 Å². The van der Waals surface area contributed by atoms with Crippen molar-refractivity contribution in [2.45, 2.75) is 0 Å². The van der Waals surface area contributed by atoms with Crippen LogP contribution in [0.5, 0.6) is 0 Å². The summed E-state index contributed by atoms with van der Waals surface area (Å²) in [5.74, 6) is -6.51. The largest absolute Gasteiger partial charge is 0.203 e. The van der Waals surface area contributed by atoms with E-state index in [0.29, 0.717) is 21.5 Å². The zero-order valence-electron chi connectivity index (χ0n) is 28.7. The van der Waals surface area contributed by atoms with Crippen LogP contribution in [0.1, 0.15) is 0 Å². The van der Waals surface area contributed by atoms with Gasteiger partial charge in [0, 0.05) is 10.8 Å². The summed E-state index contributed by atoms with van der Waals surface area (Å²) in [5.41, 5.74) is 7.27. The molecule has 54 heavy (non-hydrogen) atoms. The Kier molecular flexibility index (Phi) is 7.34. The molecule has 0 heterocycles. The van der Waals surface area contributed by atoms with Gasteiger partial charge in [-0.05, 0) is 112 Å². The van der Waals surface area contributed by atoms with Gasteiger partial charge in [0.05, 0.1) is 0 Å². The van der Waals surface area contributed by atoms with E-state index in [0.717, 1.165) is 66.1 Å². The van der Waals surface area contributed by atoms with Crippen LogP contribution in [0, 0.1) is 23.3 Å². The van der Waals surface area contributed by atoms with E-state index in [1.807, 2.05) is 158 Å². The van der Waals surface area contributed by atoms with Gasteiger partial charge in [-0.1, -0.05) is 146 Å². The van der Waals surface area contributed by atoms with Crippen LogP contribution in [0.2, 0.25) is 0 Å². The van der Waals surface area contributed by atoms with Crippen molar-refractivity contribution in [1.82, 2.24) is 0 Å². The summed E-state index contributed by atoms with van der Waals surface area (Å²) in [4.78, 5) is 0. The van der Waals surface area contributed by atoms with Crippen LogP contribution in [0.25, 0.3) is 98.4 Å². The van der Waals surface area contributed by atoms with E-state index in [1.54, 1.807) is 0 Å². The quantitative estimate of drug-likeness (QED) is 0.0740. The van der Waals surface area contributed by atoms with Crippen molar-refractivity contribution < 1.29 is 17.6 Å². The van der Waals surface area contributed by atoms with E-state index in [-0.39, 0.29) is 10.8 Å². The van der Waals surface area contributed by atoms with Crippen molar-refractivity contribution in [3.05, 3.63) is 193 Å². The second kappa shape index (κ2) is 12.4. The lowest BCUT2D eigenvalue weighted by molar-refractivity contribution is 0.418. The standard InChI is InChI=1S/C50H28F4/c51-47-45-41-27-39(33-19-11-17-31(25-33)29-13-3-1-4-14-29)35-21-7-9-23-37(35)43(41)44-38-24-10-8-22-36(38)40(28-42(44)46(45)48(52)50(54)49(47)53)34-20-12-18-32(26-34)30-15-5-2-6-16-30/h1-28H. The lowest BCUT2D eigenvalue weighted by Crippen LogP contribution is -2.01. The Bertz CT molecular complexity index is 2920. The topological polar surface area (TPSA) is 0 Å². The van der Waals surface area contributed by atoms with E-state index < -0.39 is 23.3 Å². The van der Waals surface area contributed by atoms with Crippen molar-refractivity contribution in [3.8, 4) is 44.5 Å². The SMILES string of the molecule is Fc1c(F)c(F)c2c3cc(-c4cccc(-c5ccccc5)c4)c4ccccc4c3c3c4ccccc4c(-c4cccc(-c5ccccc5)c4)cc3c2c1F. The maximum atomic E-state index is 16.5. The summed E-state index contributed by atoms with van der Waals surface area (Å²) in [7, 11) is 0.